The number of hydrogen-bond donors (Lipinski definition) is 3. The molecule has 0 saturated heterocycles. The van der Waals surface area contributed by atoms with Crippen LogP contribution in [0, 0.1) is 0 Å². The van der Waals surface area contributed by atoms with E-state index in [4.69, 9.17) is 4.74 Å². The predicted molar refractivity (Wildman–Crippen MR) is 161 cm³/mol. The second-order valence-electron chi connectivity index (χ2n) is 9.20. The van der Waals surface area contributed by atoms with E-state index in [1.54, 1.807) is 6.07 Å². The van der Waals surface area contributed by atoms with Gasteiger partial charge in [-0.3, -0.25) is 4.79 Å². The number of benzene rings is 3. The number of rotatable bonds is 14. The molecule has 0 aliphatic carbocycles. The first-order chi connectivity index (χ1) is 18.2. The summed E-state index contributed by atoms with van der Waals surface area (Å²) in [6, 6.07) is 23.3. The van der Waals surface area contributed by atoms with E-state index >= 15 is 0 Å². The van der Waals surface area contributed by atoms with Gasteiger partial charge in [0.1, 0.15) is 0 Å². The van der Waals surface area contributed by atoms with Gasteiger partial charge in [0.05, 0.1) is 24.0 Å². The van der Waals surface area contributed by atoms with Gasteiger partial charge in [0.25, 0.3) is 5.91 Å². The minimum absolute atomic E-state index is 0. The smallest absolute Gasteiger partial charge is 0.265 e. The van der Waals surface area contributed by atoms with Crippen molar-refractivity contribution in [3.63, 3.8) is 0 Å². The van der Waals surface area contributed by atoms with Crippen LogP contribution >= 0.6 is 24.2 Å². The molecule has 3 rings (SSSR count). The van der Waals surface area contributed by atoms with E-state index in [0.717, 1.165) is 34.6 Å². The van der Waals surface area contributed by atoms with Gasteiger partial charge < -0.3 is 15.2 Å². The Hall–Kier alpha value is -2.40. The molecule has 0 aromatic heterocycles. The summed E-state index contributed by atoms with van der Waals surface area (Å²) in [6.45, 7) is 5.30. The van der Waals surface area contributed by atoms with Crippen LogP contribution in [0.3, 0.4) is 0 Å². The normalized spacial score (nSPS) is 12.1. The van der Waals surface area contributed by atoms with Crippen molar-refractivity contribution < 1.29 is 23.1 Å². The monoisotopic (exact) mass is 592 g/mol. The molecule has 7 nitrogen and oxygen atoms in total. The first kappa shape index (κ1) is 32.8. The highest BCUT2D eigenvalue weighted by Gasteiger charge is 2.20. The summed E-state index contributed by atoms with van der Waals surface area (Å²) in [5, 5.41) is 13.8. The summed E-state index contributed by atoms with van der Waals surface area (Å²) in [5.41, 5.74) is 4.35. The second kappa shape index (κ2) is 16.0. The molecule has 10 heteroatoms. The molecule has 0 saturated carbocycles. The van der Waals surface area contributed by atoms with Crippen LogP contribution in [0.4, 0.5) is 0 Å². The Morgan fingerprint density at radius 3 is 2.31 bits per heavy atom. The van der Waals surface area contributed by atoms with Crippen molar-refractivity contribution in [1.82, 2.24) is 10.0 Å². The largest absolute Gasteiger partial charge is 0.387 e. The molecule has 0 fully saturated rings. The highest BCUT2D eigenvalue weighted by atomic mass is 35.5. The van der Waals surface area contributed by atoms with Gasteiger partial charge in [-0.1, -0.05) is 74.5 Å². The van der Waals surface area contributed by atoms with Crippen LogP contribution in [0.1, 0.15) is 41.4 Å². The minimum atomic E-state index is -3.79. The average molecular weight is 593 g/mol. The van der Waals surface area contributed by atoms with E-state index in [2.05, 4.69) is 22.2 Å². The fourth-order valence-electron chi connectivity index (χ4n) is 3.81. The number of methoxy groups -OCH3 is 1. The SMILES string of the molecule is COCCS(=O)(=O)NC(=O)c1ccc(-c2ccc(CCNC[C@@H](O)c3ccccc3)cc2)cc1SC(C)C.Cl. The Labute approximate surface area is 242 Å². The Kier molecular flexibility index (Phi) is 13.5. The molecule has 0 aliphatic heterocycles. The first-order valence-electron chi connectivity index (χ1n) is 12.6. The molecular formula is C29H37ClN2O5S2. The summed E-state index contributed by atoms with van der Waals surface area (Å²) in [5.74, 6) is -0.925. The van der Waals surface area contributed by atoms with Crippen molar-refractivity contribution in [2.24, 2.45) is 0 Å². The van der Waals surface area contributed by atoms with Crippen molar-refractivity contribution in [1.29, 1.82) is 0 Å². The van der Waals surface area contributed by atoms with Crippen LogP contribution in [-0.4, -0.2) is 57.2 Å². The molecular weight excluding hydrogens is 556 g/mol. The summed E-state index contributed by atoms with van der Waals surface area (Å²) in [6.07, 6.45) is 0.291. The van der Waals surface area contributed by atoms with Crippen LogP contribution in [-0.2, 0) is 21.2 Å². The van der Waals surface area contributed by atoms with Crippen LogP contribution in [0.5, 0.6) is 0 Å². The van der Waals surface area contributed by atoms with E-state index in [9.17, 15) is 18.3 Å². The topological polar surface area (TPSA) is 105 Å². The number of hydrogen-bond acceptors (Lipinski definition) is 7. The molecule has 0 bridgehead atoms. The van der Waals surface area contributed by atoms with Gasteiger partial charge in [-0.2, -0.15) is 0 Å². The standard InChI is InChI=1S/C29H36N2O5S2.ClH/c1-21(2)37-28-19-25(13-14-26(28)29(33)31-38(34,35)18-17-36-3)23-11-9-22(10-12-23)15-16-30-20-27(32)24-7-5-4-6-8-24;/h4-14,19,21,27,30,32H,15-18,20H2,1-3H3,(H,31,33);1H/t27-;/m1./s1. The molecule has 3 aromatic carbocycles. The maximum absolute atomic E-state index is 12.8. The molecule has 1 atom stereocenters. The quantitative estimate of drug-likeness (QED) is 0.182. The summed E-state index contributed by atoms with van der Waals surface area (Å²) in [7, 11) is -2.37. The van der Waals surface area contributed by atoms with Crippen molar-refractivity contribution in [2.75, 3.05) is 32.6 Å². The fraction of sp³-hybridized carbons (Fsp3) is 0.345. The lowest BCUT2D eigenvalue weighted by atomic mass is 10.0. The summed E-state index contributed by atoms with van der Waals surface area (Å²) in [4.78, 5) is 13.5. The van der Waals surface area contributed by atoms with E-state index in [0.29, 0.717) is 12.1 Å². The number of carbonyl (C=O) groups is 1. The van der Waals surface area contributed by atoms with E-state index in [-0.39, 0.29) is 30.0 Å². The number of thioether (sulfide) groups is 1. The molecule has 212 valence electrons. The van der Waals surface area contributed by atoms with Crippen LogP contribution in [0.15, 0.2) is 77.7 Å². The van der Waals surface area contributed by atoms with Gasteiger partial charge in [-0.05, 0) is 47.4 Å². The van der Waals surface area contributed by atoms with Gasteiger partial charge >= 0.3 is 0 Å². The number of sulfonamides is 1. The molecule has 1 amide bonds. The van der Waals surface area contributed by atoms with E-state index in [1.807, 2.05) is 68.4 Å². The highest BCUT2D eigenvalue weighted by Crippen LogP contribution is 2.32. The Balaban J connectivity index is 0.00000533. The molecule has 3 N–H and O–H groups in total. The molecule has 3 aromatic rings. The molecule has 0 radical (unpaired) electrons. The third-order valence-corrected chi connectivity index (χ3v) is 8.06. The number of amides is 1. The number of halogens is 1. The van der Waals surface area contributed by atoms with Crippen molar-refractivity contribution in [2.45, 2.75) is 36.5 Å². The Morgan fingerprint density at radius 2 is 1.67 bits per heavy atom. The third-order valence-electron chi connectivity index (χ3n) is 5.79. The first-order valence-corrected chi connectivity index (χ1v) is 15.1. The van der Waals surface area contributed by atoms with Gasteiger partial charge in [0.2, 0.25) is 10.0 Å². The van der Waals surface area contributed by atoms with Gasteiger partial charge in [0.15, 0.2) is 0 Å². The fourth-order valence-corrected chi connectivity index (χ4v) is 5.68. The Morgan fingerprint density at radius 1 is 1.00 bits per heavy atom. The lowest BCUT2D eigenvalue weighted by Crippen LogP contribution is -2.34. The van der Waals surface area contributed by atoms with Crippen molar-refractivity contribution in [3.05, 3.63) is 89.5 Å². The number of aliphatic hydroxyl groups excluding tert-OH is 1. The average Bonchev–Trinajstić information content (AvgIpc) is 2.90. The zero-order chi connectivity index (χ0) is 27.5. The lowest BCUT2D eigenvalue weighted by Gasteiger charge is -2.14. The third kappa shape index (κ3) is 10.6. The highest BCUT2D eigenvalue weighted by molar-refractivity contribution is 8.00. The van der Waals surface area contributed by atoms with E-state index in [1.165, 1.54) is 24.4 Å². The summed E-state index contributed by atoms with van der Waals surface area (Å²) >= 11 is 1.51. The second-order valence-corrected chi connectivity index (χ2v) is 12.7. The number of ether oxygens (including phenoxy) is 1. The zero-order valence-corrected chi connectivity index (χ0v) is 24.9. The van der Waals surface area contributed by atoms with Crippen LogP contribution in [0.25, 0.3) is 11.1 Å². The predicted octanol–water partition coefficient (Wildman–Crippen LogP) is 4.85. The molecule has 39 heavy (non-hydrogen) atoms. The number of carbonyl (C=O) groups excluding carboxylic acids is 1. The lowest BCUT2D eigenvalue weighted by molar-refractivity contribution is 0.0978. The van der Waals surface area contributed by atoms with Gasteiger partial charge in [0, 0.05) is 23.8 Å². The van der Waals surface area contributed by atoms with Gasteiger partial charge in [-0.15, -0.1) is 24.2 Å². The minimum Gasteiger partial charge on any atom is -0.387 e. The summed E-state index contributed by atoms with van der Waals surface area (Å²) < 4.78 is 31.3. The van der Waals surface area contributed by atoms with E-state index < -0.39 is 22.0 Å². The molecule has 0 aliphatic rings. The zero-order valence-electron chi connectivity index (χ0n) is 22.4. The Bertz CT molecular complexity index is 1290. The molecule has 0 heterocycles. The molecule has 0 unspecified atom stereocenters. The number of nitrogens with one attached hydrogen (secondary N) is 2. The van der Waals surface area contributed by atoms with Gasteiger partial charge in [-0.25, -0.2) is 13.1 Å². The number of aliphatic hydroxyl groups is 1. The van der Waals surface area contributed by atoms with Crippen LogP contribution < -0.4 is 10.0 Å². The van der Waals surface area contributed by atoms with Crippen LogP contribution in [0.2, 0.25) is 0 Å². The van der Waals surface area contributed by atoms with Crippen molar-refractivity contribution in [3.8, 4) is 11.1 Å². The maximum atomic E-state index is 12.8. The van der Waals surface area contributed by atoms with Crippen molar-refractivity contribution >= 4 is 40.1 Å². The maximum Gasteiger partial charge on any atom is 0.265 e. The molecule has 0 spiro atoms.